The van der Waals surface area contributed by atoms with Gasteiger partial charge >= 0.3 is 0 Å². The van der Waals surface area contributed by atoms with Gasteiger partial charge in [-0.1, -0.05) is 42.5 Å². The van der Waals surface area contributed by atoms with Gasteiger partial charge in [0.2, 0.25) is 25.0 Å². The molecule has 5 aromatic heterocycles. The fourth-order valence-electron chi connectivity index (χ4n) is 14.8. The average molecular weight is 1820 g/mol. The van der Waals surface area contributed by atoms with Crippen LogP contribution in [0.25, 0.3) is 110 Å². The number of nitrogens with zero attached hydrogens (tertiary/aromatic N) is 6. The van der Waals surface area contributed by atoms with Crippen LogP contribution in [0.15, 0.2) is 200 Å². The Bertz CT molecular complexity index is 6460. The molecular formula is C98H97Cl5N6O18. The van der Waals surface area contributed by atoms with E-state index in [0.29, 0.717) is 68.4 Å². The Morgan fingerprint density at radius 2 is 0.598 bits per heavy atom. The maximum absolute atomic E-state index is 11.7. The van der Waals surface area contributed by atoms with E-state index >= 15 is 0 Å². The molecule has 0 atom stereocenters. The minimum atomic E-state index is -0.411. The second-order valence-electron chi connectivity index (χ2n) is 28.7. The van der Waals surface area contributed by atoms with Crippen molar-refractivity contribution in [3.63, 3.8) is 0 Å². The van der Waals surface area contributed by atoms with Gasteiger partial charge in [-0.15, -0.1) is 37.2 Å². The van der Waals surface area contributed by atoms with Gasteiger partial charge in [-0.3, -0.25) is 34.7 Å². The van der Waals surface area contributed by atoms with E-state index in [2.05, 4.69) is 53.2 Å². The molecule has 0 N–H and O–H groups in total. The normalized spacial score (nSPS) is 11.0. The summed E-state index contributed by atoms with van der Waals surface area (Å²) in [5.41, 5.74) is 15.5. The van der Waals surface area contributed by atoms with E-state index < -0.39 is 4.92 Å². The number of methoxy groups -OCH3 is 10. The summed E-state index contributed by atoms with van der Waals surface area (Å²) in [6, 6.07) is 63.4. The fourth-order valence-corrected chi connectivity index (χ4v) is 14.8. The molecule has 29 heteroatoms. The van der Waals surface area contributed by atoms with Gasteiger partial charge in [0, 0.05) is 105 Å². The lowest BCUT2D eigenvalue weighted by atomic mass is 10.0. The van der Waals surface area contributed by atoms with Crippen LogP contribution in [-0.4, -0.2) is 116 Å². The van der Waals surface area contributed by atoms with Crippen LogP contribution in [0.4, 0.5) is 5.69 Å². The molecule has 662 valence electrons. The third-order valence-corrected chi connectivity index (χ3v) is 21.6. The zero-order valence-electron chi connectivity index (χ0n) is 73.5. The third kappa shape index (κ3) is 21.3. The second-order valence-corrected chi connectivity index (χ2v) is 28.7. The number of carbonyl (C=O) groups is 2. The zero-order chi connectivity index (χ0) is 86.9. The fraction of sp³-hybridized carbons (Fsp3) is 0.214. The molecule has 0 bridgehead atoms. The minimum absolute atomic E-state index is 0. The summed E-state index contributed by atoms with van der Waals surface area (Å²) in [4.78, 5) is 47.9. The molecule has 7 heterocycles. The molecule has 2 aliphatic rings. The number of fused-ring (bicyclic) bond motifs is 7. The Kier molecular flexibility index (Phi) is 33.9. The Morgan fingerprint density at radius 1 is 0.331 bits per heavy atom. The van der Waals surface area contributed by atoms with Crippen molar-refractivity contribution in [2.24, 2.45) is 14.1 Å². The topological polar surface area (TPSA) is 253 Å². The van der Waals surface area contributed by atoms with Crippen molar-refractivity contribution in [3.8, 4) is 137 Å². The van der Waals surface area contributed by atoms with Crippen LogP contribution in [0, 0.1) is 44.7 Å². The van der Waals surface area contributed by atoms with Crippen LogP contribution in [0.3, 0.4) is 0 Å². The smallest absolute Gasteiger partial charge is 0.270 e. The summed E-state index contributed by atoms with van der Waals surface area (Å²) in [5, 5.41) is 21.4. The average Bonchev–Trinajstić information content (AvgIpc) is 0.916. The van der Waals surface area contributed by atoms with E-state index in [-0.39, 0.29) is 92.9 Å². The summed E-state index contributed by atoms with van der Waals surface area (Å²) < 4.78 is 80.0. The number of ketones is 2. The number of nitro groups is 1. The van der Waals surface area contributed by atoms with Gasteiger partial charge in [-0.2, -0.15) is 9.13 Å². The number of nitro benzene ring substituents is 1. The number of aromatic nitrogens is 5. The van der Waals surface area contributed by atoms with Crippen LogP contribution >= 0.6 is 37.2 Å². The molecule has 0 aliphatic carbocycles. The number of non-ortho nitro benzene ring substituents is 1. The van der Waals surface area contributed by atoms with Gasteiger partial charge in [-0.25, -0.2) is 0 Å². The summed E-state index contributed by atoms with van der Waals surface area (Å²) in [6.45, 7) is 13.7. The first-order chi connectivity index (χ1) is 58.8. The molecule has 0 unspecified atom stereocenters. The van der Waals surface area contributed by atoms with Gasteiger partial charge in [0.25, 0.3) is 5.69 Å². The number of ether oxygens (including phenoxy) is 14. The standard InChI is InChI=1S/C21H22NO3.C20H20NO4.C20H19NO3.C19H17NO4.C18H16N2O4.5ClH/c1-13-18-12-21(25-5)20(24-4)11-17(18)10-19(22(13)3)16-8-6-7-15(9-16)14(2)23;1-12-15-10-19(23-4)18(22-3)9-14(15)7-16(21(12)2)13-5-6-17-20(8-13)25-11-24-17;1-12-17-11-20(24-4)19(23-3)10-16(17)9-18(21-12)15-7-5-6-14(8-15)13(2)22;1-11-14-9-18(22-3)17(21-2)8-13(14)6-15(20-11)12-4-5-16-19(7-12)24-10-23-16;1-11-15-10-18(24-3)17(23-2)9-13(15)8-16(19-11)12-5-4-6-14(7-12)20(21)22;;;;;/h6-12H,1-5H3;5-10H,11H2,1-4H3;5-11H,1-4H3;4-9H,10H2,1-3H3;4-10H,1-3H3;5*1H/q2*+1;;;;;;;;/p-2. The number of hydrogen-bond donors (Lipinski definition) is 0. The molecule has 0 saturated heterocycles. The highest BCUT2D eigenvalue weighted by molar-refractivity contribution is 5.98. The predicted octanol–water partition coefficient (Wildman–Crippen LogP) is 15.0. The molecule has 17 rings (SSSR count). The molecule has 0 radical (unpaired) electrons. The monoisotopic (exact) mass is 1820 g/mol. The maximum Gasteiger partial charge on any atom is 0.270 e. The number of hydrogen-bond acceptors (Lipinski definition) is 21. The van der Waals surface area contributed by atoms with Gasteiger partial charge in [-0.05, 0) is 195 Å². The van der Waals surface area contributed by atoms with Crippen LogP contribution in [0.2, 0.25) is 0 Å². The van der Waals surface area contributed by atoms with E-state index in [1.54, 1.807) is 97.1 Å². The molecule has 0 saturated carbocycles. The minimum Gasteiger partial charge on any atom is -1.00 e. The van der Waals surface area contributed by atoms with Crippen molar-refractivity contribution in [3.05, 3.63) is 250 Å². The van der Waals surface area contributed by atoms with E-state index in [1.807, 2.05) is 186 Å². The quantitative estimate of drug-likeness (QED) is 0.0335. The summed E-state index contributed by atoms with van der Waals surface area (Å²) >= 11 is 0. The van der Waals surface area contributed by atoms with Crippen LogP contribution in [0.5, 0.6) is 80.5 Å². The number of rotatable bonds is 18. The Morgan fingerprint density at radius 3 is 0.937 bits per heavy atom. The molecule has 0 spiro atoms. The number of aryl methyl sites for hydroxylation is 5. The molecule has 10 aromatic carbocycles. The van der Waals surface area contributed by atoms with Crippen molar-refractivity contribution in [1.29, 1.82) is 0 Å². The predicted molar refractivity (Wildman–Crippen MR) is 493 cm³/mol. The van der Waals surface area contributed by atoms with Crippen molar-refractivity contribution in [1.82, 2.24) is 15.0 Å². The summed E-state index contributed by atoms with van der Waals surface area (Å²) in [6.07, 6.45) is 0. The Balaban J connectivity index is 0.000000194. The molecule has 15 aromatic rings. The number of halogens is 5. The van der Waals surface area contributed by atoms with Gasteiger partial charge < -0.3 is 91.1 Å². The molecule has 0 amide bonds. The Labute approximate surface area is 767 Å². The number of carbonyl (C=O) groups excluding carboxylic acids is 2. The molecule has 24 nitrogen and oxygen atoms in total. The zero-order valence-corrected chi connectivity index (χ0v) is 77.4. The van der Waals surface area contributed by atoms with E-state index in [9.17, 15) is 19.7 Å². The highest BCUT2D eigenvalue weighted by atomic mass is 35.5. The van der Waals surface area contributed by atoms with Crippen LogP contribution in [-0.2, 0) is 14.1 Å². The van der Waals surface area contributed by atoms with Crippen molar-refractivity contribution >= 4 is 108 Å². The first-order valence-corrected chi connectivity index (χ1v) is 38.8. The van der Waals surface area contributed by atoms with Crippen LogP contribution < -0.4 is 100 Å². The largest absolute Gasteiger partial charge is 1.00 e. The maximum atomic E-state index is 11.7. The first-order valence-electron chi connectivity index (χ1n) is 38.8. The second kappa shape index (κ2) is 43.5. The van der Waals surface area contributed by atoms with E-state index in [0.717, 1.165) is 162 Å². The molecule has 0 fully saturated rings. The van der Waals surface area contributed by atoms with Crippen molar-refractivity contribution < 1.29 is 115 Å². The van der Waals surface area contributed by atoms with E-state index in [4.69, 9.17) is 76.3 Å². The number of pyridine rings is 5. The number of Topliss-reactive ketones (excluding diaryl/α,β-unsaturated/α-hetero) is 2. The molecule has 127 heavy (non-hydrogen) atoms. The third-order valence-electron chi connectivity index (χ3n) is 21.6. The van der Waals surface area contributed by atoms with Gasteiger partial charge in [0.05, 0.1) is 109 Å². The highest BCUT2D eigenvalue weighted by Gasteiger charge is 2.26. The van der Waals surface area contributed by atoms with Crippen LogP contribution in [0.1, 0.15) is 63.0 Å². The van der Waals surface area contributed by atoms with Crippen molar-refractivity contribution in [2.45, 2.75) is 48.5 Å². The van der Waals surface area contributed by atoms with Gasteiger partial charge in [0.15, 0.2) is 103 Å². The summed E-state index contributed by atoms with van der Waals surface area (Å²) in [5.74, 6) is 10.1. The SMILES string of the molecule is COc1cc2cc(-c3ccc4c(c3)OCO4)[n+](C)c(C)c2cc1OC.COc1cc2cc(-c3ccc4c(c3)OCO4)nc(C)c2cc1OC.COc1cc2cc(-c3cccc(C(C)=O)c3)[n+](C)c(C)c2cc1OC.COc1cc2cc(-c3cccc(C(C)=O)c3)nc(C)c2cc1OC.COc1cc2cc(-c3cccc([N+](=O)[O-])c3)nc(C)c2cc1OC.Cl.Cl.Cl.[Cl-].[Cl-]. The first kappa shape index (κ1) is 99.1. The lowest BCUT2D eigenvalue weighted by Crippen LogP contribution is -3.00. The highest BCUT2D eigenvalue weighted by Crippen LogP contribution is 2.44. The lowest BCUT2D eigenvalue weighted by Gasteiger charge is -2.12. The van der Waals surface area contributed by atoms with Crippen molar-refractivity contribution in [2.75, 3.05) is 84.7 Å². The van der Waals surface area contributed by atoms with E-state index in [1.165, 1.54) is 12.1 Å². The molecule has 2 aliphatic heterocycles. The number of benzene rings is 10. The lowest BCUT2D eigenvalue weighted by molar-refractivity contribution is -0.665. The Hall–Kier alpha value is -13.4. The van der Waals surface area contributed by atoms with Gasteiger partial charge in [0.1, 0.15) is 14.1 Å². The molecular weight excluding hydrogens is 1730 g/mol. The summed E-state index contributed by atoms with van der Waals surface area (Å²) in [7, 11) is 20.3.